The number of hydrogen-bond donors (Lipinski definition) is 1. The zero-order valence-corrected chi connectivity index (χ0v) is 16.3. The molecule has 0 aliphatic carbocycles. The van der Waals surface area contributed by atoms with Crippen molar-refractivity contribution in [3.8, 4) is 5.75 Å². The van der Waals surface area contributed by atoms with Crippen LogP contribution in [0.5, 0.6) is 5.75 Å². The van der Waals surface area contributed by atoms with Crippen LogP contribution in [0.2, 0.25) is 5.02 Å². The lowest BCUT2D eigenvalue weighted by atomic mass is 10.1. The van der Waals surface area contributed by atoms with Crippen LogP contribution in [0.3, 0.4) is 0 Å². The molecule has 1 atom stereocenters. The molecule has 144 valence electrons. The van der Waals surface area contributed by atoms with Crippen LogP contribution in [0.15, 0.2) is 41.4 Å². The number of benzene rings is 1. The summed E-state index contributed by atoms with van der Waals surface area (Å²) < 4.78 is 33.4. The fourth-order valence-electron chi connectivity index (χ4n) is 3.04. The highest BCUT2D eigenvalue weighted by Crippen LogP contribution is 2.28. The van der Waals surface area contributed by atoms with Crippen molar-refractivity contribution in [2.75, 3.05) is 13.1 Å². The Morgan fingerprint density at radius 2 is 2.15 bits per heavy atom. The number of amides is 1. The van der Waals surface area contributed by atoms with Crippen LogP contribution >= 0.6 is 11.6 Å². The van der Waals surface area contributed by atoms with E-state index in [1.807, 2.05) is 0 Å². The third-order valence-corrected chi connectivity index (χ3v) is 6.88. The first-order valence-corrected chi connectivity index (χ1v) is 10.3. The van der Waals surface area contributed by atoms with Gasteiger partial charge in [0.25, 0.3) is 5.91 Å². The van der Waals surface area contributed by atoms with Crippen LogP contribution in [0.1, 0.15) is 28.9 Å². The average Bonchev–Trinajstić information content (AvgIpc) is 2.64. The van der Waals surface area contributed by atoms with Gasteiger partial charge in [-0.1, -0.05) is 17.7 Å². The van der Waals surface area contributed by atoms with Gasteiger partial charge in [-0.25, -0.2) is 8.42 Å². The predicted molar refractivity (Wildman–Crippen MR) is 101 cm³/mol. The number of carbonyl (C=O) groups is 1. The summed E-state index contributed by atoms with van der Waals surface area (Å²) >= 11 is 6.08. The maximum atomic E-state index is 13.0. The maximum Gasteiger partial charge on any atom is 0.267 e. The van der Waals surface area contributed by atoms with E-state index >= 15 is 0 Å². The molecule has 1 saturated heterocycles. The molecule has 7 nitrogen and oxygen atoms in total. The number of pyridine rings is 1. The van der Waals surface area contributed by atoms with Crippen molar-refractivity contribution in [2.24, 2.45) is 5.73 Å². The molecule has 1 unspecified atom stereocenters. The molecule has 0 bridgehead atoms. The molecular weight excluding hydrogens is 390 g/mol. The number of nitrogens with zero attached hydrogens (tertiary/aromatic N) is 2. The summed E-state index contributed by atoms with van der Waals surface area (Å²) in [5.74, 6) is -0.216. The summed E-state index contributed by atoms with van der Waals surface area (Å²) in [6.07, 6.45) is 2.46. The van der Waals surface area contributed by atoms with Crippen molar-refractivity contribution >= 4 is 27.5 Å². The zero-order chi connectivity index (χ0) is 19.6. The van der Waals surface area contributed by atoms with E-state index < -0.39 is 15.9 Å². The number of aromatic nitrogens is 1. The Kier molecular flexibility index (Phi) is 5.69. The first-order valence-electron chi connectivity index (χ1n) is 8.47. The molecule has 1 amide bonds. The van der Waals surface area contributed by atoms with Crippen LogP contribution in [-0.2, 0) is 10.0 Å². The highest BCUT2D eigenvalue weighted by molar-refractivity contribution is 7.89. The summed E-state index contributed by atoms with van der Waals surface area (Å²) in [6.45, 7) is 2.31. The van der Waals surface area contributed by atoms with Gasteiger partial charge in [-0.05, 0) is 43.5 Å². The Morgan fingerprint density at radius 1 is 1.37 bits per heavy atom. The molecule has 1 fully saturated rings. The standard InChI is InChI=1S/C18H20ClN3O4S/c1-12-15(19)5-2-6-17(12)27(24,25)22-9-3-4-14(11-22)26-13-7-8-21-16(10-13)18(20)23/h2,5-8,10,14H,3-4,9,11H2,1H3,(H2,20,23). The van der Waals surface area contributed by atoms with E-state index in [2.05, 4.69) is 4.98 Å². The highest BCUT2D eigenvalue weighted by Gasteiger charge is 2.32. The van der Waals surface area contributed by atoms with Gasteiger partial charge in [0, 0.05) is 23.8 Å². The minimum atomic E-state index is -3.68. The van der Waals surface area contributed by atoms with Crippen LogP contribution in [0.25, 0.3) is 0 Å². The fraction of sp³-hybridized carbons (Fsp3) is 0.333. The van der Waals surface area contributed by atoms with Crippen LogP contribution in [0, 0.1) is 6.92 Å². The number of piperidine rings is 1. The molecule has 3 rings (SSSR count). The maximum absolute atomic E-state index is 13.0. The largest absolute Gasteiger partial charge is 0.489 e. The summed E-state index contributed by atoms with van der Waals surface area (Å²) in [6, 6.07) is 7.92. The summed E-state index contributed by atoms with van der Waals surface area (Å²) in [4.78, 5) is 15.3. The lowest BCUT2D eigenvalue weighted by Crippen LogP contribution is -2.44. The molecule has 1 aliphatic rings. The smallest absolute Gasteiger partial charge is 0.267 e. The third-order valence-electron chi connectivity index (χ3n) is 4.46. The van der Waals surface area contributed by atoms with Gasteiger partial charge in [-0.15, -0.1) is 0 Å². The lowest BCUT2D eigenvalue weighted by Gasteiger charge is -2.32. The van der Waals surface area contributed by atoms with Gasteiger partial charge in [-0.2, -0.15) is 4.31 Å². The minimum absolute atomic E-state index is 0.0994. The van der Waals surface area contributed by atoms with Gasteiger partial charge in [-0.3, -0.25) is 9.78 Å². The van der Waals surface area contributed by atoms with Crippen molar-refractivity contribution < 1.29 is 17.9 Å². The second-order valence-corrected chi connectivity index (χ2v) is 8.66. The van der Waals surface area contributed by atoms with Crippen molar-refractivity contribution in [3.63, 3.8) is 0 Å². The Morgan fingerprint density at radius 3 is 2.89 bits per heavy atom. The van der Waals surface area contributed by atoms with Crippen molar-refractivity contribution in [2.45, 2.75) is 30.8 Å². The SMILES string of the molecule is Cc1c(Cl)cccc1S(=O)(=O)N1CCCC(Oc2ccnc(C(N)=O)c2)C1. The van der Waals surface area contributed by atoms with Gasteiger partial charge in [0.2, 0.25) is 10.0 Å². The summed E-state index contributed by atoms with van der Waals surface area (Å²) in [7, 11) is -3.68. The lowest BCUT2D eigenvalue weighted by molar-refractivity contribution is 0.0993. The molecule has 0 radical (unpaired) electrons. The molecule has 0 saturated carbocycles. The molecule has 2 N–H and O–H groups in total. The Bertz CT molecular complexity index is 965. The Labute approximate surface area is 163 Å². The number of carbonyl (C=O) groups excluding carboxylic acids is 1. The van der Waals surface area contributed by atoms with Gasteiger partial charge in [0.15, 0.2) is 0 Å². The third kappa shape index (κ3) is 4.23. The zero-order valence-electron chi connectivity index (χ0n) is 14.8. The van der Waals surface area contributed by atoms with Crippen molar-refractivity contribution in [3.05, 3.63) is 52.8 Å². The topological polar surface area (TPSA) is 103 Å². The van der Waals surface area contributed by atoms with E-state index in [9.17, 15) is 13.2 Å². The quantitative estimate of drug-likeness (QED) is 0.816. The first-order chi connectivity index (χ1) is 12.8. The number of nitrogens with two attached hydrogens (primary N) is 1. The molecular formula is C18H20ClN3O4S. The number of hydrogen-bond acceptors (Lipinski definition) is 5. The van der Waals surface area contributed by atoms with Gasteiger partial charge in [0.05, 0.1) is 11.4 Å². The molecule has 1 aromatic carbocycles. The van der Waals surface area contributed by atoms with E-state index in [0.717, 1.165) is 0 Å². The van der Waals surface area contributed by atoms with Gasteiger partial charge >= 0.3 is 0 Å². The van der Waals surface area contributed by atoms with E-state index in [-0.39, 0.29) is 23.2 Å². The molecule has 27 heavy (non-hydrogen) atoms. The minimum Gasteiger partial charge on any atom is -0.489 e. The van der Waals surface area contributed by atoms with Crippen molar-refractivity contribution in [1.82, 2.24) is 9.29 Å². The van der Waals surface area contributed by atoms with Crippen LogP contribution in [0.4, 0.5) is 0 Å². The monoisotopic (exact) mass is 409 g/mol. The molecule has 9 heteroatoms. The van der Waals surface area contributed by atoms with Crippen LogP contribution < -0.4 is 10.5 Å². The summed E-state index contributed by atoms with van der Waals surface area (Å²) in [5, 5.41) is 0.414. The average molecular weight is 410 g/mol. The predicted octanol–water partition coefficient (Wildman–Crippen LogP) is 2.37. The van der Waals surface area contributed by atoms with Gasteiger partial charge < -0.3 is 10.5 Å². The molecule has 2 aromatic rings. The number of primary amides is 1. The fourth-order valence-corrected chi connectivity index (χ4v) is 5.03. The first kappa shape index (κ1) is 19.6. The number of halogens is 1. The van der Waals surface area contributed by atoms with Crippen molar-refractivity contribution in [1.29, 1.82) is 0 Å². The Hall–Kier alpha value is -2.16. The van der Waals surface area contributed by atoms with E-state index in [0.29, 0.717) is 35.7 Å². The molecule has 2 heterocycles. The second-order valence-electron chi connectivity index (χ2n) is 6.35. The van der Waals surface area contributed by atoms with Gasteiger partial charge in [0.1, 0.15) is 17.5 Å². The number of rotatable bonds is 5. The highest BCUT2D eigenvalue weighted by atomic mass is 35.5. The number of sulfonamides is 1. The van der Waals surface area contributed by atoms with E-state index in [1.54, 1.807) is 31.2 Å². The Balaban J connectivity index is 1.79. The normalized spacial score (nSPS) is 18.2. The van der Waals surface area contributed by atoms with E-state index in [1.165, 1.54) is 16.6 Å². The molecule has 1 aromatic heterocycles. The molecule has 1 aliphatic heterocycles. The summed E-state index contributed by atoms with van der Waals surface area (Å²) in [5.41, 5.74) is 5.86. The van der Waals surface area contributed by atoms with E-state index in [4.69, 9.17) is 22.1 Å². The molecule has 0 spiro atoms. The number of ether oxygens (including phenoxy) is 1. The second kappa shape index (κ2) is 7.84. The van der Waals surface area contributed by atoms with Crippen LogP contribution in [-0.4, -0.2) is 42.8 Å².